The van der Waals surface area contributed by atoms with Gasteiger partial charge in [-0.25, -0.2) is 0 Å². The first-order valence-electron chi connectivity index (χ1n) is 4.56. The number of benzene rings is 1. The molecule has 72 valence electrons. The Bertz CT molecular complexity index is 283. The van der Waals surface area contributed by atoms with Crippen LogP contribution in [-0.4, -0.2) is 17.8 Å². The maximum Gasteiger partial charge on any atom is 0.0585 e. The van der Waals surface area contributed by atoms with E-state index in [1.807, 2.05) is 0 Å². The molecule has 0 saturated heterocycles. The average molecular weight is 179 g/mol. The van der Waals surface area contributed by atoms with Crippen molar-refractivity contribution in [2.24, 2.45) is 5.73 Å². The minimum atomic E-state index is -0.137. The molecular formula is C11H17NO. The second kappa shape index (κ2) is 4.40. The number of aliphatic hydroxyl groups excluding tert-OH is 1. The predicted octanol–water partition coefficient (Wildman–Crippen LogP) is 1.17. The van der Waals surface area contributed by atoms with Crippen molar-refractivity contribution in [1.29, 1.82) is 0 Å². The molecule has 0 aromatic heterocycles. The largest absolute Gasteiger partial charge is 0.395 e. The highest BCUT2D eigenvalue weighted by molar-refractivity contribution is 5.30. The normalized spacial score (nSPS) is 12.9. The number of hydrogen-bond donors (Lipinski definition) is 2. The molecule has 0 radical (unpaired) electrons. The first-order chi connectivity index (χ1) is 6.13. The van der Waals surface area contributed by atoms with Crippen molar-refractivity contribution in [2.75, 3.05) is 6.61 Å². The van der Waals surface area contributed by atoms with E-state index in [9.17, 15) is 0 Å². The van der Waals surface area contributed by atoms with Crippen LogP contribution in [0.4, 0.5) is 0 Å². The number of aliphatic hydroxyl groups is 1. The molecule has 0 aliphatic carbocycles. The summed E-state index contributed by atoms with van der Waals surface area (Å²) in [4.78, 5) is 0. The van der Waals surface area contributed by atoms with Crippen LogP contribution in [0, 0.1) is 13.8 Å². The lowest BCUT2D eigenvalue weighted by atomic mass is 10.0. The van der Waals surface area contributed by atoms with E-state index >= 15 is 0 Å². The fourth-order valence-corrected chi connectivity index (χ4v) is 1.30. The monoisotopic (exact) mass is 179 g/mol. The Kier molecular flexibility index (Phi) is 3.46. The molecule has 0 bridgehead atoms. The summed E-state index contributed by atoms with van der Waals surface area (Å²) in [7, 11) is 0. The third-order valence-corrected chi connectivity index (χ3v) is 2.30. The zero-order valence-electron chi connectivity index (χ0n) is 8.25. The van der Waals surface area contributed by atoms with E-state index in [-0.39, 0.29) is 12.6 Å². The van der Waals surface area contributed by atoms with Gasteiger partial charge in [-0.1, -0.05) is 18.2 Å². The summed E-state index contributed by atoms with van der Waals surface area (Å²) in [5, 5.41) is 8.79. The van der Waals surface area contributed by atoms with Gasteiger partial charge in [0.1, 0.15) is 0 Å². The summed E-state index contributed by atoms with van der Waals surface area (Å²) in [6.45, 7) is 4.22. The maximum absolute atomic E-state index is 8.79. The Morgan fingerprint density at radius 1 is 1.31 bits per heavy atom. The summed E-state index contributed by atoms with van der Waals surface area (Å²) < 4.78 is 0. The molecule has 1 rings (SSSR count). The molecule has 1 atom stereocenters. The Morgan fingerprint density at radius 2 is 2.00 bits per heavy atom. The van der Waals surface area contributed by atoms with E-state index in [1.54, 1.807) is 0 Å². The van der Waals surface area contributed by atoms with Crippen LogP contribution < -0.4 is 5.73 Å². The highest BCUT2D eigenvalue weighted by Crippen LogP contribution is 2.10. The molecule has 0 aliphatic rings. The van der Waals surface area contributed by atoms with Gasteiger partial charge in [0.15, 0.2) is 0 Å². The Hall–Kier alpha value is -0.860. The lowest BCUT2D eigenvalue weighted by molar-refractivity contribution is 0.265. The maximum atomic E-state index is 8.79. The highest BCUT2D eigenvalue weighted by atomic mass is 16.3. The average Bonchev–Trinajstić information content (AvgIpc) is 2.11. The van der Waals surface area contributed by atoms with Gasteiger partial charge < -0.3 is 10.8 Å². The second-order valence-corrected chi connectivity index (χ2v) is 3.57. The van der Waals surface area contributed by atoms with Gasteiger partial charge in [-0.15, -0.1) is 0 Å². The van der Waals surface area contributed by atoms with Crippen LogP contribution in [0.25, 0.3) is 0 Å². The lowest BCUT2D eigenvalue weighted by Gasteiger charge is -2.09. The number of rotatable bonds is 3. The van der Waals surface area contributed by atoms with Gasteiger partial charge in [-0.2, -0.15) is 0 Å². The Morgan fingerprint density at radius 3 is 2.54 bits per heavy atom. The van der Waals surface area contributed by atoms with Crippen molar-refractivity contribution in [3.8, 4) is 0 Å². The van der Waals surface area contributed by atoms with E-state index < -0.39 is 0 Å². The minimum absolute atomic E-state index is 0.0485. The first-order valence-corrected chi connectivity index (χ1v) is 4.56. The van der Waals surface area contributed by atoms with Gasteiger partial charge in [-0.3, -0.25) is 0 Å². The van der Waals surface area contributed by atoms with Crippen LogP contribution in [0.2, 0.25) is 0 Å². The Balaban J connectivity index is 2.73. The molecule has 0 spiro atoms. The van der Waals surface area contributed by atoms with Crippen molar-refractivity contribution in [2.45, 2.75) is 26.3 Å². The van der Waals surface area contributed by atoms with E-state index in [0.717, 1.165) is 6.42 Å². The molecule has 1 unspecified atom stereocenters. The molecule has 3 N–H and O–H groups in total. The van der Waals surface area contributed by atoms with E-state index in [0.29, 0.717) is 0 Å². The molecule has 13 heavy (non-hydrogen) atoms. The van der Waals surface area contributed by atoms with Crippen molar-refractivity contribution < 1.29 is 5.11 Å². The van der Waals surface area contributed by atoms with Crippen LogP contribution in [0.15, 0.2) is 18.2 Å². The van der Waals surface area contributed by atoms with Gasteiger partial charge in [-0.05, 0) is 37.0 Å². The second-order valence-electron chi connectivity index (χ2n) is 3.57. The lowest BCUT2D eigenvalue weighted by Crippen LogP contribution is -2.26. The summed E-state index contributed by atoms with van der Waals surface area (Å²) >= 11 is 0. The van der Waals surface area contributed by atoms with Crippen molar-refractivity contribution in [3.63, 3.8) is 0 Å². The van der Waals surface area contributed by atoms with Crippen LogP contribution in [0.1, 0.15) is 16.7 Å². The minimum Gasteiger partial charge on any atom is -0.395 e. The van der Waals surface area contributed by atoms with Crippen molar-refractivity contribution >= 4 is 0 Å². The molecule has 0 aliphatic heterocycles. The molecule has 0 heterocycles. The third-order valence-electron chi connectivity index (χ3n) is 2.30. The van der Waals surface area contributed by atoms with E-state index in [1.165, 1.54) is 16.7 Å². The van der Waals surface area contributed by atoms with Crippen LogP contribution in [-0.2, 0) is 6.42 Å². The summed E-state index contributed by atoms with van der Waals surface area (Å²) in [5.41, 5.74) is 9.41. The highest BCUT2D eigenvalue weighted by Gasteiger charge is 2.02. The quantitative estimate of drug-likeness (QED) is 0.731. The van der Waals surface area contributed by atoms with Gasteiger partial charge >= 0.3 is 0 Å². The SMILES string of the molecule is Cc1ccc(CC(N)CO)cc1C. The standard InChI is InChI=1S/C11H17NO/c1-8-3-4-10(5-9(8)2)6-11(12)7-13/h3-5,11,13H,6-7,12H2,1-2H3. The molecule has 0 saturated carbocycles. The van der Waals surface area contributed by atoms with Gasteiger partial charge in [0, 0.05) is 6.04 Å². The Labute approximate surface area is 79.4 Å². The van der Waals surface area contributed by atoms with Crippen LogP contribution in [0.3, 0.4) is 0 Å². The predicted molar refractivity (Wildman–Crippen MR) is 54.7 cm³/mol. The van der Waals surface area contributed by atoms with Crippen molar-refractivity contribution in [1.82, 2.24) is 0 Å². The summed E-state index contributed by atoms with van der Waals surface area (Å²) in [5.74, 6) is 0. The number of aryl methyl sites for hydroxylation is 2. The molecule has 2 heteroatoms. The van der Waals surface area contributed by atoms with Crippen molar-refractivity contribution in [3.05, 3.63) is 34.9 Å². The van der Waals surface area contributed by atoms with Crippen LogP contribution in [0.5, 0.6) is 0 Å². The summed E-state index contributed by atoms with van der Waals surface area (Å²) in [6.07, 6.45) is 0.748. The molecular weight excluding hydrogens is 162 g/mol. The first kappa shape index (κ1) is 10.2. The molecule has 1 aromatic rings. The smallest absolute Gasteiger partial charge is 0.0585 e. The topological polar surface area (TPSA) is 46.2 Å². The number of hydrogen-bond acceptors (Lipinski definition) is 2. The van der Waals surface area contributed by atoms with Gasteiger partial charge in [0.05, 0.1) is 6.61 Å². The van der Waals surface area contributed by atoms with Gasteiger partial charge in [0.25, 0.3) is 0 Å². The van der Waals surface area contributed by atoms with E-state index in [4.69, 9.17) is 10.8 Å². The van der Waals surface area contributed by atoms with Gasteiger partial charge in [0.2, 0.25) is 0 Å². The fourth-order valence-electron chi connectivity index (χ4n) is 1.30. The molecule has 0 amide bonds. The molecule has 2 nitrogen and oxygen atoms in total. The zero-order valence-corrected chi connectivity index (χ0v) is 8.25. The third kappa shape index (κ3) is 2.83. The molecule has 1 aromatic carbocycles. The van der Waals surface area contributed by atoms with E-state index in [2.05, 4.69) is 32.0 Å². The summed E-state index contributed by atoms with van der Waals surface area (Å²) in [6, 6.07) is 6.15. The number of nitrogens with two attached hydrogens (primary N) is 1. The molecule has 0 fully saturated rings. The fraction of sp³-hybridized carbons (Fsp3) is 0.455. The zero-order chi connectivity index (χ0) is 9.84. The van der Waals surface area contributed by atoms with Crippen LogP contribution >= 0.6 is 0 Å².